The number of alkyl halides is 6. The monoisotopic (exact) mass is 504 g/mol. The molecule has 2 aromatic rings. The summed E-state index contributed by atoms with van der Waals surface area (Å²) in [7, 11) is 0. The number of hydrogen-bond donors (Lipinski definition) is 1. The number of nitrogens with one attached hydrogen (secondary N) is 1. The third-order valence-corrected chi connectivity index (χ3v) is 5.81. The molecule has 1 aromatic heterocycles. The molecule has 0 radical (unpaired) electrons. The van der Waals surface area contributed by atoms with Crippen LogP contribution >= 0.6 is 0 Å². The lowest BCUT2D eigenvalue weighted by atomic mass is 9.62. The van der Waals surface area contributed by atoms with Gasteiger partial charge in [0.05, 0.1) is 11.1 Å². The van der Waals surface area contributed by atoms with Gasteiger partial charge in [-0.15, -0.1) is 0 Å². The van der Waals surface area contributed by atoms with Crippen LogP contribution in [-0.4, -0.2) is 30.5 Å². The lowest BCUT2D eigenvalue weighted by Crippen LogP contribution is -2.49. The third kappa shape index (κ3) is 8.18. The zero-order valence-electron chi connectivity index (χ0n) is 19.2. The maximum absolute atomic E-state index is 12.9. The Bertz CT molecular complexity index is 984. The van der Waals surface area contributed by atoms with Gasteiger partial charge in [0.25, 0.3) is 5.91 Å². The maximum Gasteiger partial charge on any atom is 0.416 e. The minimum Gasteiger partial charge on any atom is -0.348 e. The van der Waals surface area contributed by atoms with Gasteiger partial charge in [-0.2, -0.15) is 26.3 Å². The first-order valence-corrected chi connectivity index (χ1v) is 10.3. The van der Waals surface area contributed by atoms with E-state index in [1.54, 1.807) is 6.07 Å². The summed E-state index contributed by atoms with van der Waals surface area (Å²) in [6, 6.07) is 6.53. The van der Waals surface area contributed by atoms with Crippen LogP contribution in [0.4, 0.5) is 26.3 Å². The van der Waals surface area contributed by atoms with Gasteiger partial charge >= 0.3 is 12.4 Å². The maximum atomic E-state index is 12.9. The molecule has 1 amide bonds. The predicted octanol–water partition coefficient (Wildman–Crippen LogP) is 5.53. The Balaban J connectivity index is 0.00000145. The molecule has 1 aliphatic carbocycles. The molecule has 192 valence electrons. The Morgan fingerprint density at radius 2 is 1.49 bits per heavy atom. The second-order valence-electron chi connectivity index (χ2n) is 8.63. The van der Waals surface area contributed by atoms with E-state index in [1.807, 2.05) is 27.4 Å². The predicted molar refractivity (Wildman–Crippen MR) is 116 cm³/mol. The number of amides is 1. The van der Waals surface area contributed by atoms with Crippen LogP contribution in [-0.2, 0) is 28.4 Å². The van der Waals surface area contributed by atoms with E-state index in [-0.39, 0.29) is 23.1 Å². The molecule has 1 N–H and O–H groups in total. The van der Waals surface area contributed by atoms with E-state index >= 15 is 0 Å². The fourth-order valence-corrected chi connectivity index (χ4v) is 3.89. The van der Waals surface area contributed by atoms with Gasteiger partial charge < -0.3 is 14.9 Å². The highest BCUT2D eigenvalue weighted by molar-refractivity contribution is 5.92. The average Bonchev–Trinajstić information content (AvgIpc) is 2.77. The van der Waals surface area contributed by atoms with Gasteiger partial charge in [-0.3, -0.25) is 9.78 Å². The summed E-state index contributed by atoms with van der Waals surface area (Å²) in [5.74, 6) is -0.521. The first kappa shape index (κ1) is 29.8. The van der Waals surface area contributed by atoms with Crippen molar-refractivity contribution in [3.8, 4) is 0 Å². The Labute approximate surface area is 198 Å². The summed E-state index contributed by atoms with van der Waals surface area (Å²) in [6.45, 7) is 7.93. The number of hydrogen-bond acceptors (Lipinski definition) is 4. The van der Waals surface area contributed by atoms with Crippen LogP contribution in [0, 0.1) is 11.3 Å². The average molecular weight is 504 g/mol. The highest BCUT2D eigenvalue weighted by Crippen LogP contribution is 2.44. The van der Waals surface area contributed by atoms with Gasteiger partial charge in [0.2, 0.25) is 0 Å². The minimum atomic E-state index is -4.56. The Kier molecular flexibility index (Phi) is 10.2. The van der Waals surface area contributed by atoms with Crippen molar-refractivity contribution in [3.05, 3.63) is 65.0 Å². The van der Waals surface area contributed by atoms with Crippen molar-refractivity contribution >= 4 is 19.5 Å². The van der Waals surface area contributed by atoms with Crippen LogP contribution in [0.15, 0.2) is 42.6 Å². The molecule has 0 atom stereocenters. The lowest BCUT2D eigenvalue weighted by molar-refractivity contribution is -0.138. The second kappa shape index (κ2) is 11.9. The standard InChI is InChI=1S/C22H22F6N2O.2CH2O/c1-20(2,12-13-4-3-5-14(8-13)21(23,24)25)16-9-17(10-16)30-19(31)18-11-15(6-7-29-18)22(26,27)28;2*1-2/h3-8,11,16-17H,9-10,12H2,1-2H3,(H,30,31);2*1H2. The van der Waals surface area contributed by atoms with Crippen molar-refractivity contribution < 1.29 is 40.7 Å². The summed E-state index contributed by atoms with van der Waals surface area (Å²) < 4.78 is 77.2. The Morgan fingerprint density at radius 1 is 0.943 bits per heavy atom. The molecule has 0 unspecified atom stereocenters. The first-order chi connectivity index (χ1) is 16.3. The number of halogens is 6. The topological polar surface area (TPSA) is 76.1 Å². The molecule has 35 heavy (non-hydrogen) atoms. The molecule has 0 bridgehead atoms. The van der Waals surface area contributed by atoms with E-state index < -0.39 is 29.4 Å². The molecule has 0 aliphatic heterocycles. The number of benzene rings is 1. The zero-order chi connectivity index (χ0) is 27.0. The van der Waals surface area contributed by atoms with Gasteiger partial charge in [0.1, 0.15) is 19.3 Å². The largest absolute Gasteiger partial charge is 0.416 e. The van der Waals surface area contributed by atoms with Gasteiger partial charge in [-0.1, -0.05) is 32.0 Å². The number of aromatic nitrogens is 1. The number of rotatable bonds is 5. The lowest BCUT2D eigenvalue weighted by Gasteiger charge is -2.46. The molecule has 1 saturated carbocycles. The van der Waals surface area contributed by atoms with Crippen LogP contribution in [0.5, 0.6) is 0 Å². The Morgan fingerprint density at radius 3 is 2.03 bits per heavy atom. The second-order valence-corrected chi connectivity index (χ2v) is 8.63. The summed E-state index contributed by atoms with van der Waals surface area (Å²) >= 11 is 0. The minimum absolute atomic E-state index is 0.154. The van der Waals surface area contributed by atoms with E-state index in [0.717, 1.165) is 24.4 Å². The molecule has 11 heteroatoms. The summed E-state index contributed by atoms with van der Waals surface area (Å²) in [5.41, 5.74) is -1.66. The third-order valence-electron chi connectivity index (χ3n) is 5.81. The van der Waals surface area contributed by atoms with Crippen LogP contribution in [0.25, 0.3) is 0 Å². The molecule has 1 heterocycles. The van der Waals surface area contributed by atoms with E-state index in [0.29, 0.717) is 30.9 Å². The van der Waals surface area contributed by atoms with Crippen molar-refractivity contribution in [2.24, 2.45) is 11.3 Å². The number of nitrogens with zero attached hydrogens (tertiary/aromatic N) is 1. The van der Waals surface area contributed by atoms with E-state index in [1.165, 1.54) is 6.07 Å². The van der Waals surface area contributed by atoms with Gasteiger partial charge in [0, 0.05) is 12.2 Å². The summed E-state index contributed by atoms with van der Waals surface area (Å²) in [5, 5.41) is 2.69. The van der Waals surface area contributed by atoms with Crippen LogP contribution < -0.4 is 5.32 Å². The molecule has 0 saturated heterocycles. The van der Waals surface area contributed by atoms with Crippen molar-refractivity contribution in [1.29, 1.82) is 0 Å². The number of pyridine rings is 1. The summed E-state index contributed by atoms with van der Waals surface area (Å²) in [4.78, 5) is 32.0. The van der Waals surface area contributed by atoms with E-state index in [4.69, 9.17) is 9.59 Å². The molecule has 0 spiro atoms. The van der Waals surface area contributed by atoms with Crippen molar-refractivity contribution in [2.75, 3.05) is 0 Å². The van der Waals surface area contributed by atoms with Crippen LogP contribution in [0.1, 0.15) is 53.9 Å². The highest BCUT2D eigenvalue weighted by atomic mass is 19.4. The van der Waals surface area contributed by atoms with Gasteiger partial charge in [-0.25, -0.2) is 0 Å². The molecular weight excluding hydrogens is 478 g/mol. The quantitative estimate of drug-likeness (QED) is 0.544. The fraction of sp³-hybridized carbons (Fsp3) is 0.417. The molecule has 5 nitrogen and oxygen atoms in total. The Hall–Kier alpha value is -3.24. The molecule has 1 aromatic carbocycles. The van der Waals surface area contributed by atoms with Crippen molar-refractivity contribution in [3.63, 3.8) is 0 Å². The van der Waals surface area contributed by atoms with Gasteiger partial charge in [-0.05, 0) is 54.4 Å². The highest BCUT2D eigenvalue weighted by Gasteiger charge is 2.41. The van der Waals surface area contributed by atoms with Crippen molar-refractivity contribution in [1.82, 2.24) is 10.3 Å². The van der Waals surface area contributed by atoms with Crippen molar-refractivity contribution in [2.45, 2.75) is 51.5 Å². The number of carbonyl (C=O) groups excluding carboxylic acids is 3. The van der Waals surface area contributed by atoms with Gasteiger partial charge in [0.15, 0.2) is 0 Å². The fourth-order valence-electron chi connectivity index (χ4n) is 3.89. The molecular formula is C24H26F6N2O3. The van der Waals surface area contributed by atoms with E-state index in [9.17, 15) is 31.1 Å². The zero-order valence-corrected chi connectivity index (χ0v) is 19.2. The SMILES string of the molecule is C=O.C=O.CC(C)(Cc1cccc(C(F)(F)F)c1)C1CC(NC(=O)c2cc(C(F)(F)F)ccn2)C1. The molecule has 1 fully saturated rings. The molecule has 1 aliphatic rings. The van der Waals surface area contributed by atoms with E-state index in [2.05, 4.69) is 10.3 Å². The number of carbonyl (C=O) groups is 3. The smallest absolute Gasteiger partial charge is 0.348 e. The normalized spacial score (nSPS) is 17.6. The molecule has 3 rings (SSSR count). The first-order valence-electron chi connectivity index (χ1n) is 10.3. The van der Waals surface area contributed by atoms with Crippen LogP contribution in [0.2, 0.25) is 0 Å². The summed E-state index contributed by atoms with van der Waals surface area (Å²) in [6.07, 6.45) is -6.39. The van der Waals surface area contributed by atoms with Crippen LogP contribution in [0.3, 0.4) is 0 Å².